The topological polar surface area (TPSA) is 38.1 Å². The quantitative estimate of drug-likeness (QED) is 0.805. The number of aliphatic hydroxyl groups is 1. The molecule has 1 N–H and O–H groups in total. The summed E-state index contributed by atoms with van der Waals surface area (Å²) in [7, 11) is 0. The lowest BCUT2D eigenvalue weighted by Crippen LogP contribution is -2.01. The number of aromatic nitrogens is 2. The molecular weight excluding hydrogens is 200 g/mol. The summed E-state index contributed by atoms with van der Waals surface area (Å²) in [6.45, 7) is 8.59. The molecule has 1 atom stereocenters. The van der Waals surface area contributed by atoms with Gasteiger partial charge in [-0.2, -0.15) is 5.10 Å². The van der Waals surface area contributed by atoms with E-state index in [2.05, 4.69) is 32.8 Å². The molecule has 0 aliphatic carbocycles. The van der Waals surface area contributed by atoms with Gasteiger partial charge in [0.05, 0.1) is 12.3 Å². The average molecular weight is 224 g/mol. The fourth-order valence-corrected chi connectivity index (χ4v) is 1.69. The molecule has 0 aliphatic heterocycles. The lowest BCUT2D eigenvalue weighted by Gasteiger charge is -2.09. The third kappa shape index (κ3) is 3.97. The minimum atomic E-state index is -0.355. The standard InChI is InChI=1S/C13H24N2O/c1-10(2)6-5-7-13(16)12-8-14-15(9-12)11(3)4/h8-11,13,16H,5-7H2,1-4H3. The maximum Gasteiger partial charge on any atom is 0.0820 e. The zero-order valence-corrected chi connectivity index (χ0v) is 10.8. The van der Waals surface area contributed by atoms with Crippen molar-refractivity contribution < 1.29 is 5.11 Å². The molecular formula is C13H24N2O. The van der Waals surface area contributed by atoms with Gasteiger partial charge in [0.25, 0.3) is 0 Å². The van der Waals surface area contributed by atoms with Gasteiger partial charge in [-0.1, -0.05) is 26.7 Å². The summed E-state index contributed by atoms with van der Waals surface area (Å²) >= 11 is 0. The highest BCUT2D eigenvalue weighted by Crippen LogP contribution is 2.20. The van der Waals surface area contributed by atoms with Gasteiger partial charge in [0.2, 0.25) is 0 Å². The summed E-state index contributed by atoms with van der Waals surface area (Å²) in [4.78, 5) is 0. The Morgan fingerprint density at radius 3 is 2.44 bits per heavy atom. The first-order valence-electron chi connectivity index (χ1n) is 6.22. The molecule has 1 aromatic rings. The minimum Gasteiger partial charge on any atom is -0.388 e. The Balaban J connectivity index is 2.43. The van der Waals surface area contributed by atoms with E-state index in [1.54, 1.807) is 6.20 Å². The van der Waals surface area contributed by atoms with Crippen LogP contribution in [0.2, 0.25) is 0 Å². The molecule has 92 valence electrons. The Kier molecular flexibility index (Phi) is 5.00. The molecule has 1 heterocycles. The summed E-state index contributed by atoms with van der Waals surface area (Å²) < 4.78 is 1.89. The van der Waals surface area contributed by atoms with Crippen molar-refractivity contribution in [3.8, 4) is 0 Å². The summed E-state index contributed by atoms with van der Waals surface area (Å²) in [5.74, 6) is 0.714. The van der Waals surface area contributed by atoms with Gasteiger partial charge >= 0.3 is 0 Å². The molecule has 0 saturated heterocycles. The predicted octanol–water partition coefficient (Wildman–Crippen LogP) is 3.32. The zero-order valence-electron chi connectivity index (χ0n) is 10.8. The fourth-order valence-electron chi connectivity index (χ4n) is 1.69. The third-order valence-corrected chi connectivity index (χ3v) is 2.79. The Bertz CT molecular complexity index is 305. The number of hydrogen-bond acceptors (Lipinski definition) is 2. The Morgan fingerprint density at radius 1 is 1.25 bits per heavy atom. The van der Waals surface area contributed by atoms with Crippen LogP contribution in [-0.4, -0.2) is 14.9 Å². The van der Waals surface area contributed by atoms with E-state index in [4.69, 9.17) is 0 Å². The van der Waals surface area contributed by atoms with Crippen LogP contribution in [0.15, 0.2) is 12.4 Å². The number of hydrogen-bond donors (Lipinski definition) is 1. The van der Waals surface area contributed by atoms with Gasteiger partial charge in [-0.05, 0) is 26.2 Å². The molecule has 0 bridgehead atoms. The van der Waals surface area contributed by atoms with E-state index in [0.717, 1.165) is 18.4 Å². The summed E-state index contributed by atoms with van der Waals surface area (Å²) in [5, 5.41) is 14.2. The van der Waals surface area contributed by atoms with E-state index in [9.17, 15) is 5.11 Å². The maximum absolute atomic E-state index is 9.98. The van der Waals surface area contributed by atoms with Crippen LogP contribution in [0.4, 0.5) is 0 Å². The molecule has 16 heavy (non-hydrogen) atoms. The van der Waals surface area contributed by atoms with Gasteiger partial charge in [0.15, 0.2) is 0 Å². The lowest BCUT2D eigenvalue weighted by molar-refractivity contribution is 0.162. The van der Waals surface area contributed by atoms with Crippen molar-refractivity contribution in [2.24, 2.45) is 5.92 Å². The van der Waals surface area contributed by atoms with Crippen LogP contribution >= 0.6 is 0 Å². The van der Waals surface area contributed by atoms with Gasteiger partial charge in [0.1, 0.15) is 0 Å². The number of nitrogens with zero attached hydrogens (tertiary/aromatic N) is 2. The van der Waals surface area contributed by atoms with Crippen molar-refractivity contribution >= 4 is 0 Å². The van der Waals surface area contributed by atoms with Gasteiger partial charge in [-0.25, -0.2) is 0 Å². The molecule has 0 fully saturated rings. The van der Waals surface area contributed by atoms with Gasteiger partial charge in [0, 0.05) is 17.8 Å². The SMILES string of the molecule is CC(C)CCCC(O)c1cnn(C(C)C)c1. The summed E-state index contributed by atoms with van der Waals surface area (Å²) in [6, 6.07) is 0.358. The highest BCUT2D eigenvalue weighted by atomic mass is 16.3. The lowest BCUT2D eigenvalue weighted by atomic mass is 10.0. The van der Waals surface area contributed by atoms with E-state index in [1.807, 2.05) is 10.9 Å². The fraction of sp³-hybridized carbons (Fsp3) is 0.769. The molecule has 1 aromatic heterocycles. The van der Waals surface area contributed by atoms with E-state index >= 15 is 0 Å². The Labute approximate surface area is 98.5 Å². The molecule has 0 saturated carbocycles. The molecule has 0 aromatic carbocycles. The van der Waals surface area contributed by atoms with Crippen LogP contribution in [0.5, 0.6) is 0 Å². The summed E-state index contributed by atoms with van der Waals surface area (Å²) in [5.41, 5.74) is 0.942. The smallest absolute Gasteiger partial charge is 0.0820 e. The van der Waals surface area contributed by atoms with Crippen molar-refractivity contribution in [2.45, 2.75) is 59.1 Å². The van der Waals surface area contributed by atoms with Crippen molar-refractivity contribution in [1.82, 2.24) is 9.78 Å². The molecule has 3 nitrogen and oxygen atoms in total. The minimum absolute atomic E-state index is 0.355. The molecule has 0 radical (unpaired) electrons. The third-order valence-electron chi connectivity index (χ3n) is 2.79. The highest BCUT2D eigenvalue weighted by molar-refractivity contribution is 5.08. The second-order valence-corrected chi connectivity index (χ2v) is 5.19. The van der Waals surface area contributed by atoms with Gasteiger partial charge in [-0.3, -0.25) is 4.68 Å². The normalized spacial score (nSPS) is 13.7. The first-order chi connectivity index (χ1) is 7.50. The van der Waals surface area contributed by atoms with Crippen LogP contribution < -0.4 is 0 Å². The average Bonchev–Trinajstić information content (AvgIpc) is 2.65. The zero-order chi connectivity index (χ0) is 12.1. The second-order valence-electron chi connectivity index (χ2n) is 5.19. The monoisotopic (exact) mass is 224 g/mol. The van der Waals surface area contributed by atoms with Gasteiger partial charge in [-0.15, -0.1) is 0 Å². The van der Waals surface area contributed by atoms with E-state index < -0.39 is 0 Å². The van der Waals surface area contributed by atoms with Crippen LogP contribution in [-0.2, 0) is 0 Å². The maximum atomic E-state index is 9.98. The molecule has 0 aliphatic rings. The van der Waals surface area contributed by atoms with E-state index in [1.165, 1.54) is 6.42 Å². The Morgan fingerprint density at radius 2 is 1.94 bits per heavy atom. The highest BCUT2D eigenvalue weighted by Gasteiger charge is 2.11. The molecule has 3 heteroatoms. The molecule has 1 unspecified atom stereocenters. The van der Waals surface area contributed by atoms with Crippen molar-refractivity contribution in [3.63, 3.8) is 0 Å². The molecule has 0 amide bonds. The van der Waals surface area contributed by atoms with Crippen LogP contribution in [0, 0.1) is 5.92 Å². The van der Waals surface area contributed by atoms with Crippen molar-refractivity contribution in [2.75, 3.05) is 0 Å². The number of aliphatic hydroxyl groups excluding tert-OH is 1. The largest absolute Gasteiger partial charge is 0.388 e. The second kappa shape index (κ2) is 6.04. The Hall–Kier alpha value is -0.830. The van der Waals surface area contributed by atoms with Gasteiger partial charge < -0.3 is 5.11 Å². The van der Waals surface area contributed by atoms with Crippen LogP contribution in [0.3, 0.4) is 0 Å². The van der Waals surface area contributed by atoms with E-state index in [0.29, 0.717) is 12.0 Å². The number of rotatable bonds is 6. The van der Waals surface area contributed by atoms with Crippen LogP contribution in [0.1, 0.15) is 64.7 Å². The molecule has 1 rings (SSSR count). The van der Waals surface area contributed by atoms with Crippen LogP contribution in [0.25, 0.3) is 0 Å². The summed E-state index contributed by atoms with van der Waals surface area (Å²) in [6.07, 6.45) is 6.46. The van der Waals surface area contributed by atoms with Crippen molar-refractivity contribution in [1.29, 1.82) is 0 Å². The van der Waals surface area contributed by atoms with E-state index in [-0.39, 0.29) is 6.10 Å². The first-order valence-corrected chi connectivity index (χ1v) is 6.22. The predicted molar refractivity (Wildman–Crippen MR) is 66.3 cm³/mol. The van der Waals surface area contributed by atoms with Crippen molar-refractivity contribution in [3.05, 3.63) is 18.0 Å². The first kappa shape index (κ1) is 13.2. The molecule has 0 spiro atoms.